The van der Waals surface area contributed by atoms with Crippen LogP contribution >= 0.6 is 0 Å². The van der Waals surface area contributed by atoms with Crippen LogP contribution in [0.15, 0.2) is 12.1 Å². The minimum absolute atomic E-state index is 0.226. The fourth-order valence-corrected chi connectivity index (χ4v) is 3.02. The summed E-state index contributed by atoms with van der Waals surface area (Å²) in [4.78, 5) is 0. The SMILES string of the molecule is Cc1cc(C(C)(C)C)cc(C)c1CC(N)C1CCC1. The third kappa shape index (κ3) is 3.20. The van der Waals surface area contributed by atoms with Crippen molar-refractivity contribution in [3.63, 3.8) is 0 Å². The molecule has 0 radical (unpaired) electrons. The van der Waals surface area contributed by atoms with Crippen LogP contribution in [0.5, 0.6) is 0 Å². The number of aryl methyl sites for hydroxylation is 2. The summed E-state index contributed by atoms with van der Waals surface area (Å²) in [6.45, 7) is 11.3. The summed E-state index contributed by atoms with van der Waals surface area (Å²) in [6, 6.07) is 5.07. The number of nitrogens with two attached hydrogens (primary N) is 1. The molecular formula is C18H29N. The van der Waals surface area contributed by atoms with E-state index >= 15 is 0 Å². The van der Waals surface area contributed by atoms with Crippen molar-refractivity contribution >= 4 is 0 Å². The lowest BCUT2D eigenvalue weighted by molar-refractivity contribution is 0.260. The van der Waals surface area contributed by atoms with Crippen LogP contribution < -0.4 is 5.73 Å². The van der Waals surface area contributed by atoms with Crippen molar-refractivity contribution in [3.8, 4) is 0 Å². The van der Waals surface area contributed by atoms with Crippen LogP contribution in [0.3, 0.4) is 0 Å². The fourth-order valence-electron chi connectivity index (χ4n) is 3.02. The molecule has 1 nitrogen and oxygen atoms in total. The molecule has 0 saturated heterocycles. The van der Waals surface area contributed by atoms with E-state index in [1.54, 1.807) is 0 Å². The second kappa shape index (κ2) is 5.28. The number of hydrogen-bond donors (Lipinski definition) is 1. The van der Waals surface area contributed by atoms with Crippen molar-refractivity contribution in [1.82, 2.24) is 0 Å². The van der Waals surface area contributed by atoms with Crippen molar-refractivity contribution < 1.29 is 0 Å². The smallest absolute Gasteiger partial charge is 0.0108 e. The Morgan fingerprint density at radius 2 is 1.68 bits per heavy atom. The second-order valence-electron chi connectivity index (χ2n) is 7.40. The molecular weight excluding hydrogens is 230 g/mol. The maximum absolute atomic E-state index is 6.37. The van der Waals surface area contributed by atoms with E-state index in [9.17, 15) is 0 Å². The molecule has 0 spiro atoms. The molecule has 0 bridgehead atoms. The lowest BCUT2D eigenvalue weighted by Gasteiger charge is -2.32. The summed E-state index contributed by atoms with van der Waals surface area (Å²) >= 11 is 0. The third-order valence-corrected chi connectivity index (χ3v) is 4.76. The Morgan fingerprint density at radius 3 is 2.05 bits per heavy atom. The largest absolute Gasteiger partial charge is 0.327 e. The molecule has 106 valence electrons. The minimum atomic E-state index is 0.226. The zero-order valence-electron chi connectivity index (χ0n) is 13.2. The van der Waals surface area contributed by atoms with E-state index in [1.165, 1.54) is 41.5 Å². The van der Waals surface area contributed by atoms with Gasteiger partial charge in [-0.25, -0.2) is 0 Å². The molecule has 1 unspecified atom stereocenters. The highest BCUT2D eigenvalue weighted by atomic mass is 14.7. The summed E-state index contributed by atoms with van der Waals surface area (Å²) in [5.74, 6) is 0.765. The first-order valence-electron chi connectivity index (χ1n) is 7.65. The summed E-state index contributed by atoms with van der Waals surface area (Å²) < 4.78 is 0. The van der Waals surface area contributed by atoms with E-state index in [0.717, 1.165) is 12.3 Å². The van der Waals surface area contributed by atoms with Gasteiger partial charge in [-0.2, -0.15) is 0 Å². The highest BCUT2D eigenvalue weighted by Crippen LogP contribution is 2.32. The average molecular weight is 259 g/mol. The van der Waals surface area contributed by atoms with Crippen molar-refractivity contribution in [2.24, 2.45) is 11.7 Å². The molecule has 0 heterocycles. The molecule has 19 heavy (non-hydrogen) atoms. The number of rotatable bonds is 3. The van der Waals surface area contributed by atoms with Gasteiger partial charge in [0.25, 0.3) is 0 Å². The summed E-state index contributed by atoms with van der Waals surface area (Å²) in [5.41, 5.74) is 12.3. The molecule has 2 N–H and O–H groups in total. The summed E-state index contributed by atoms with van der Waals surface area (Å²) in [6.07, 6.45) is 5.09. The number of hydrogen-bond acceptors (Lipinski definition) is 1. The van der Waals surface area contributed by atoms with Gasteiger partial charge in [0.2, 0.25) is 0 Å². The van der Waals surface area contributed by atoms with Crippen molar-refractivity contribution in [2.75, 3.05) is 0 Å². The first kappa shape index (κ1) is 14.6. The van der Waals surface area contributed by atoms with Gasteiger partial charge in [0, 0.05) is 6.04 Å². The van der Waals surface area contributed by atoms with Crippen LogP contribution in [0.25, 0.3) is 0 Å². The van der Waals surface area contributed by atoms with Gasteiger partial charge < -0.3 is 5.73 Å². The molecule has 1 atom stereocenters. The van der Waals surface area contributed by atoms with Crippen molar-refractivity contribution in [3.05, 3.63) is 34.4 Å². The molecule has 1 aromatic carbocycles. The van der Waals surface area contributed by atoms with E-state index in [0.29, 0.717) is 6.04 Å². The number of benzene rings is 1. The fraction of sp³-hybridized carbons (Fsp3) is 0.667. The molecule has 1 aromatic rings. The van der Waals surface area contributed by atoms with Gasteiger partial charge in [-0.1, -0.05) is 39.3 Å². The monoisotopic (exact) mass is 259 g/mol. The van der Waals surface area contributed by atoms with E-state index in [1.807, 2.05) is 0 Å². The highest BCUT2D eigenvalue weighted by Gasteiger charge is 2.25. The molecule has 1 heteroatoms. The summed E-state index contributed by atoms with van der Waals surface area (Å²) in [5, 5.41) is 0. The molecule has 0 amide bonds. The van der Waals surface area contributed by atoms with Gasteiger partial charge in [-0.15, -0.1) is 0 Å². The van der Waals surface area contributed by atoms with E-state index in [-0.39, 0.29) is 5.41 Å². The molecule has 1 aliphatic carbocycles. The Labute approximate surface area is 118 Å². The van der Waals surface area contributed by atoms with Gasteiger partial charge in [-0.3, -0.25) is 0 Å². The molecule has 0 aromatic heterocycles. The maximum atomic E-state index is 6.37. The third-order valence-electron chi connectivity index (χ3n) is 4.76. The normalized spacial score (nSPS) is 18.2. The standard InChI is InChI=1S/C18H29N/c1-12-9-15(18(3,4)5)10-13(2)16(12)11-17(19)14-7-6-8-14/h9-10,14,17H,6-8,11,19H2,1-5H3. The average Bonchev–Trinajstić information content (AvgIpc) is 2.19. The first-order valence-corrected chi connectivity index (χ1v) is 7.65. The molecule has 2 rings (SSSR count). The Balaban J connectivity index is 2.21. The van der Waals surface area contributed by atoms with E-state index in [2.05, 4.69) is 46.8 Å². The van der Waals surface area contributed by atoms with E-state index in [4.69, 9.17) is 5.73 Å². The van der Waals surface area contributed by atoms with Crippen LogP contribution in [0, 0.1) is 19.8 Å². The molecule has 1 saturated carbocycles. The van der Waals surface area contributed by atoms with Crippen molar-refractivity contribution in [2.45, 2.75) is 71.8 Å². The van der Waals surface area contributed by atoms with Crippen LogP contribution in [-0.4, -0.2) is 6.04 Å². The Bertz CT molecular complexity index is 426. The lowest BCUT2D eigenvalue weighted by Crippen LogP contribution is -2.36. The second-order valence-corrected chi connectivity index (χ2v) is 7.40. The van der Waals surface area contributed by atoms with Gasteiger partial charge >= 0.3 is 0 Å². The molecule has 1 fully saturated rings. The Kier molecular flexibility index (Phi) is 4.06. The lowest BCUT2D eigenvalue weighted by atomic mass is 9.76. The van der Waals surface area contributed by atoms with Crippen LogP contribution in [0.2, 0.25) is 0 Å². The Morgan fingerprint density at radius 1 is 1.16 bits per heavy atom. The van der Waals surface area contributed by atoms with Gasteiger partial charge in [0.15, 0.2) is 0 Å². The zero-order valence-corrected chi connectivity index (χ0v) is 13.2. The quantitative estimate of drug-likeness (QED) is 0.862. The topological polar surface area (TPSA) is 26.0 Å². The minimum Gasteiger partial charge on any atom is -0.327 e. The van der Waals surface area contributed by atoms with Crippen molar-refractivity contribution in [1.29, 1.82) is 0 Å². The molecule has 0 aliphatic heterocycles. The van der Waals surface area contributed by atoms with Gasteiger partial charge in [0.1, 0.15) is 0 Å². The van der Waals surface area contributed by atoms with Gasteiger partial charge in [-0.05, 0) is 66.7 Å². The zero-order chi connectivity index (χ0) is 14.2. The Hall–Kier alpha value is -0.820. The predicted octanol–water partition coefficient (Wildman–Crippen LogP) is 4.27. The summed E-state index contributed by atoms with van der Waals surface area (Å²) in [7, 11) is 0. The predicted molar refractivity (Wildman–Crippen MR) is 83.6 cm³/mol. The highest BCUT2D eigenvalue weighted by molar-refractivity contribution is 5.41. The van der Waals surface area contributed by atoms with Crippen LogP contribution in [-0.2, 0) is 11.8 Å². The van der Waals surface area contributed by atoms with Crippen LogP contribution in [0.1, 0.15) is 62.3 Å². The van der Waals surface area contributed by atoms with Crippen LogP contribution in [0.4, 0.5) is 0 Å². The molecule has 1 aliphatic rings. The van der Waals surface area contributed by atoms with Gasteiger partial charge in [0.05, 0.1) is 0 Å². The maximum Gasteiger partial charge on any atom is 0.0108 e. The van der Waals surface area contributed by atoms with E-state index < -0.39 is 0 Å². The first-order chi connectivity index (χ1) is 8.79.